The van der Waals surface area contributed by atoms with Gasteiger partial charge in [-0.2, -0.15) is 0 Å². The number of fused-ring (bicyclic) bond motifs is 1. The summed E-state index contributed by atoms with van der Waals surface area (Å²) in [5.74, 6) is 1.65. The average Bonchev–Trinajstić information content (AvgIpc) is 3.47. The van der Waals surface area contributed by atoms with Crippen molar-refractivity contribution in [3.8, 4) is 11.5 Å². The highest BCUT2D eigenvalue weighted by atomic mass is 32.1. The first kappa shape index (κ1) is 20.2. The van der Waals surface area contributed by atoms with Crippen molar-refractivity contribution < 1.29 is 14.3 Å². The lowest BCUT2D eigenvalue weighted by Gasteiger charge is -2.24. The molecule has 0 aliphatic carbocycles. The number of ether oxygens (including phenoxy) is 2. The summed E-state index contributed by atoms with van der Waals surface area (Å²) in [5.41, 5.74) is 2.29. The number of likely N-dealkylation sites (tertiary alicyclic amines) is 1. The van der Waals surface area contributed by atoms with Gasteiger partial charge in [-0.15, -0.1) is 11.3 Å². The molecule has 2 aromatic rings. The van der Waals surface area contributed by atoms with Gasteiger partial charge in [-0.05, 0) is 67.6 Å². The fourth-order valence-corrected chi connectivity index (χ4v) is 4.70. The Balaban J connectivity index is 1.37. The van der Waals surface area contributed by atoms with Crippen molar-refractivity contribution in [2.45, 2.75) is 32.9 Å². The summed E-state index contributed by atoms with van der Waals surface area (Å²) in [7, 11) is 0. The maximum atomic E-state index is 13.0. The molecule has 2 aliphatic heterocycles. The van der Waals surface area contributed by atoms with E-state index < -0.39 is 0 Å². The van der Waals surface area contributed by atoms with Gasteiger partial charge in [0.2, 0.25) is 12.7 Å². The molecule has 0 bridgehead atoms. The molecular formula is C22H29N3O3S. The zero-order valence-corrected chi connectivity index (χ0v) is 17.8. The fourth-order valence-electron chi connectivity index (χ4n) is 3.78. The molecule has 0 unspecified atom stereocenters. The van der Waals surface area contributed by atoms with Crippen LogP contribution in [-0.2, 0) is 17.9 Å². The van der Waals surface area contributed by atoms with Crippen LogP contribution in [0.25, 0.3) is 0 Å². The van der Waals surface area contributed by atoms with Gasteiger partial charge in [0.1, 0.15) is 0 Å². The van der Waals surface area contributed by atoms with E-state index in [0.717, 1.165) is 30.2 Å². The zero-order valence-electron chi connectivity index (χ0n) is 17.0. The van der Waals surface area contributed by atoms with E-state index in [4.69, 9.17) is 9.47 Å². The van der Waals surface area contributed by atoms with Crippen molar-refractivity contribution in [3.63, 3.8) is 0 Å². The number of carbonyl (C=O) groups is 1. The van der Waals surface area contributed by atoms with Gasteiger partial charge < -0.3 is 24.6 Å². The number of rotatable bonds is 9. The summed E-state index contributed by atoms with van der Waals surface area (Å²) in [6, 6.07) is 8.02. The minimum atomic E-state index is 0.122. The van der Waals surface area contributed by atoms with Crippen LogP contribution in [0.1, 0.15) is 28.8 Å². The third-order valence-electron chi connectivity index (χ3n) is 5.55. The highest BCUT2D eigenvalue weighted by Crippen LogP contribution is 2.33. The van der Waals surface area contributed by atoms with Gasteiger partial charge in [-0.3, -0.25) is 4.79 Å². The van der Waals surface area contributed by atoms with Crippen molar-refractivity contribution in [1.29, 1.82) is 0 Å². The molecule has 2 aliphatic rings. The fraction of sp³-hybridized carbons (Fsp3) is 0.500. The van der Waals surface area contributed by atoms with E-state index in [1.165, 1.54) is 36.4 Å². The molecule has 29 heavy (non-hydrogen) atoms. The lowest BCUT2D eigenvalue weighted by atomic mass is 10.1. The number of nitrogens with one attached hydrogen (secondary N) is 1. The maximum Gasteiger partial charge on any atom is 0.237 e. The Morgan fingerprint density at radius 1 is 1.17 bits per heavy atom. The van der Waals surface area contributed by atoms with E-state index in [2.05, 4.69) is 28.6 Å². The summed E-state index contributed by atoms with van der Waals surface area (Å²) < 4.78 is 10.9. The van der Waals surface area contributed by atoms with E-state index in [0.29, 0.717) is 19.6 Å². The molecule has 3 heterocycles. The number of benzene rings is 1. The molecule has 4 rings (SSSR count). The van der Waals surface area contributed by atoms with Crippen LogP contribution in [-0.4, -0.2) is 55.2 Å². The Bertz CT molecular complexity index is 832. The predicted octanol–water partition coefficient (Wildman–Crippen LogP) is 3.00. The standard InChI is InChI=1S/C22H29N3O3S/c1-17-6-11-29-21(17)15-25(14-18-4-5-19-20(12-18)28-16-27-19)22(26)13-23-7-10-24-8-2-3-9-24/h4-6,11-12,23H,2-3,7-10,13-16H2,1H3. The SMILES string of the molecule is Cc1ccsc1CN(Cc1ccc2c(c1)OCO2)C(=O)CNCCN1CCCC1. The molecular weight excluding hydrogens is 386 g/mol. The van der Waals surface area contributed by atoms with Crippen molar-refractivity contribution >= 4 is 17.2 Å². The van der Waals surface area contributed by atoms with Gasteiger partial charge in [0.15, 0.2) is 11.5 Å². The third kappa shape index (κ3) is 5.29. The summed E-state index contributed by atoms with van der Waals surface area (Å²) in [6.45, 7) is 8.14. The van der Waals surface area contributed by atoms with Gasteiger partial charge in [-0.25, -0.2) is 0 Å². The van der Waals surface area contributed by atoms with Crippen molar-refractivity contribution in [3.05, 3.63) is 45.6 Å². The van der Waals surface area contributed by atoms with E-state index in [1.807, 2.05) is 23.1 Å². The van der Waals surface area contributed by atoms with Gasteiger partial charge in [0.25, 0.3) is 0 Å². The molecule has 156 valence electrons. The third-order valence-corrected chi connectivity index (χ3v) is 6.55. The summed E-state index contributed by atoms with van der Waals surface area (Å²) >= 11 is 1.71. The molecule has 1 amide bonds. The molecule has 7 heteroatoms. The lowest BCUT2D eigenvalue weighted by Crippen LogP contribution is -2.39. The number of hydrogen-bond acceptors (Lipinski definition) is 6. The van der Waals surface area contributed by atoms with Crippen molar-refractivity contribution in [2.75, 3.05) is 39.5 Å². The van der Waals surface area contributed by atoms with Crippen LogP contribution < -0.4 is 14.8 Å². The molecule has 1 saturated heterocycles. The summed E-state index contributed by atoms with van der Waals surface area (Å²) in [6.07, 6.45) is 2.59. The van der Waals surface area contributed by atoms with E-state index in [1.54, 1.807) is 11.3 Å². The van der Waals surface area contributed by atoms with E-state index >= 15 is 0 Å². The van der Waals surface area contributed by atoms with Crippen LogP contribution in [0.4, 0.5) is 0 Å². The van der Waals surface area contributed by atoms with Gasteiger partial charge in [-0.1, -0.05) is 6.07 Å². The van der Waals surface area contributed by atoms with Gasteiger partial charge in [0.05, 0.1) is 13.1 Å². The number of nitrogens with zero attached hydrogens (tertiary/aromatic N) is 2. The average molecular weight is 416 g/mol. The number of carbonyl (C=O) groups excluding carboxylic acids is 1. The highest BCUT2D eigenvalue weighted by molar-refractivity contribution is 7.10. The van der Waals surface area contributed by atoms with Crippen LogP contribution in [0.3, 0.4) is 0 Å². The van der Waals surface area contributed by atoms with Crippen molar-refractivity contribution in [1.82, 2.24) is 15.1 Å². The molecule has 1 aromatic carbocycles. The first-order chi connectivity index (χ1) is 14.2. The molecule has 1 fully saturated rings. The maximum absolute atomic E-state index is 13.0. The lowest BCUT2D eigenvalue weighted by molar-refractivity contribution is -0.131. The van der Waals surface area contributed by atoms with Crippen LogP contribution in [0.2, 0.25) is 0 Å². The normalized spacial score (nSPS) is 15.8. The molecule has 1 N–H and O–H groups in total. The van der Waals surface area contributed by atoms with Crippen LogP contribution in [0, 0.1) is 6.92 Å². The first-order valence-electron chi connectivity index (χ1n) is 10.3. The largest absolute Gasteiger partial charge is 0.454 e. The Hall–Kier alpha value is -2.09. The number of hydrogen-bond donors (Lipinski definition) is 1. The second-order valence-corrected chi connectivity index (χ2v) is 8.69. The number of amides is 1. The van der Waals surface area contributed by atoms with Crippen LogP contribution in [0.5, 0.6) is 11.5 Å². The van der Waals surface area contributed by atoms with Crippen LogP contribution in [0.15, 0.2) is 29.6 Å². The molecule has 1 aromatic heterocycles. The summed E-state index contributed by atoms with van der Waals surface area (Å²) in [5, 5.41) is 5.43. The molecule has 0 radical (unpaired) electrons. The number of thiophene rings is 1. The van der Waals surface area contributed by atoms with Gasteiger partial charge in [0, 0.05) is 24.5 Å². The quantitative estimate of drug-likeness (QED) is 0.638. The zero-order chi connectivity index (χ0) is 20.1. The van der Waals surface area contributed by atoms with E-state index in [9.17, 15) is 4.79 Å². The van der Waals surface area contributed by atoms with Crippen molar-refractivity contribution in [2.24, 2.45) is 0 Å². The Morgan fingerprint density at radius 3 is 2.79 bits per heavy atom. The second kappa shape index (κ2) is 9.61. The van der Waals surface area contributed by atoms with E-state index in [-0.39, 0.29) is 12.7 Å². The first-order valence-corrected chi connectivity index (χ1v) is 11.2. The monoisotopic (exact) mass is 415 g/mol. The second-order valence-electron chi connectivity index (χ2n) is 7.69. The Kier molecular flexibility index (Phi) is 6.69. The summed E-state index contributed by atoms with van der Waals surface area (Å²) in [4.78, 5) is 18.6. The topological polar surface area (TPSA) is 54.0 Å². The molecule has 6 nitrogen and oxygen atoms in total. The Labute approximate surface area is 176 Å². The molecule has 0 atom stereocenters. The van der Waals surface area contributed by atoms with Gasteiger partial charge >= 0.3 is 0 Å². The van der Waals surface area contributed by atoms with Crippen LogP contribution >= 0.6 is 11.3 Å². The Morgan fingerprint density at radius 2 is 2.00 bits per heavy atom. The molecule has 0 spiro atoms. The highest BCUT2D eigenvalue weighted by Gasteiger charge is 2.19. The minimum Gasteiger partial charge on any atom is -0.454 e. The predicted molar refractivity (Wildman–Crippen MR) is 114 cm³/mol. The number of aryl methyl sites for hydroxylation is 1. The smallest absolute Gasteiger partial charge is 0.237 e. The molecule has 0 saturated carbocycles. The minimum absolute atomic E-state index is 0.122.